The second-order valence-electron chi connectivity index (χ2n) is 10.7. The van der Waals surface area contributed by atoms with Gasteiger partial charge < -0.3 is 14.3 Å². The summed E-state index contributed by atoms with van der Waals surface area (Å²) in [5, 5.41) is 2.68. The van der Waals surface area contributed by atoms with E-state index in [0.29, 0.717) is 16.9 Å². The van der Waals surface area contributed by atoms with E-state index in [9.17, 15) is 4.79 Å². The summed E-state index contributed by atoms with van der Waals surface area (Å²) in [6, 6.07) is 33.0. The summed E-state index contributed by atoms with van der Waals surface area (Å²) < 4.78 is 7.51. The van der Waals surface area contributed by atoms with Crippen LogP contribution in [0, 0.1) is 0 Å². The minimum absolute atomic E-state index is 0.273. The number of carbonyl (C=O) groups excluding carboxylic acids is 1. The predicted octanol–water partition coefficient (Wildman–Crippen LogP) is 7.01. The Morgan fingerprint density at radius 1 is 0.805 bits per heavy atom. The van der Waals surface area contributed by atoms with E-state index in [1.54, 1.807) is 6.20 Å². The number of nitrogens with zero attached hydrogens (tertiary/aromatic N) is 4. The van der Waals surface area contributed by atoms with Gasteiger partial charge >= 0.3 is 6.09 Å². The van der Waals surface area contributed by atoms with Crippen LogP contribution in [0.5, 0.6) is 0 Å². The molecule has 0 aliphatic heterocycles. The summed E-state index contributed by atoms with van der Waals surface area (Å²) in [6.45, 7) is 5.43. The van der Waals surface area contributed by atoms with E-state index < -0.39 is 17.2 Å². The molecule has 0 bridgehead atoms. The number of aromatic amines is 1. The Morgan fingerprint density at radius 3 is 1.90 bits per heavy atom. The van der Waals surface area contributed by atoms with Crippen molar-refractivity contribution < 1.29 is 9.53 Å². The fourth-order valence-corrected chi connectivity index (χ4v) is 5.20. The van der Waals surface area contributed by atoms with Gasteiger partial charge in [-0.05, 0) is 43.5 Å². The van der Waals surface area contributed by atoms with E-state index in [1.807, 2.05) is 57.6 Å². The lowest BCUT2D eigenvalue weighted by atomic mass is 9.77. The molecule has 3 heterocycles. The van der Waals surface area contributed by atoms with Crippen LogP contribution in [0.2, 0.25) is 0 Å². The fraction of sp³-hybridized carbons (Fsp3) is 0.152. The molecule has 0 aliphatic rings. The third-order valence-electron chi connectivity index (χ3n) is 6.81. The predicted molar refractivity (Wildman–Crippen MR) is 160 cm³/mol. The van der Waals surface area contributed by atoms with Crippen molar-refractivity contribution in [2.24, 2.45) is 0 Å². The normalized spacial score (nSPS) is 11.9. The molecule has 0 unspecified atom stereocenters. The number of hydrogen-bond donors (Lipinski definition) is 2. The number of aromatic nitrogens is 5. The molecule has 3 aromatic carbocycles. The van der Waals surface area contributed by atoms with Gasteiger partial charge in [0, 0.05) is 12.4 Å². The van der Waals surface area contributed by atoms with Crippen molar-refractivity contribution in [1.82, 2.24) is 24.5 Å². The maximum absolute atomic E-state index is 12.4. The zero-order valence-electron chi connectivity index (χ0n) is 23.1. The summed E-state index contributed by atoms with van der Waals surface area (Å²) in [5.41, 5.74) is 4.51. The highest BCUT2D eigenvalue weighted by molar-refractivity contribution is 5.92. The van der Waals surface area contributed by atoms with Gasteiger partial charge in [0.25, 0.3) is 0 Å². The van der Waals surface area contributed by atoms with Crippen LogP contribution in [-0.2, 0) is 10.3 Å². The van der Waals surface area contributed by atoms with Gasteiger partial charge in [-0.15, -0.1) is 0 Å². The van der Waals surface area contributed by atoms with Gasteiger partial charge in [0.2, 0.25) is 5.95 Å². The van der Waals surface area contributed by atoms with Crippen molar-refractivity contribution >= 4 is 23.1 Å². The molecule has 8 nitrogen and oxygen atoms in total. The number of fused-ring (bicyclic) bond motifs is 1. The second-order valence-corrected chi connectivity index (χ2v) is 10.7. The van der Waals surface area contributed by atoms with Gasteiger partial charge in [-0.1, -0.05) is 91.0 Å². The Labute approximate surface area is 238 Å². The Balaban J connectivity index is 1.49. The van der Waals surface area contributed by atoms with Crippen molar-refractivity contribution in [3.63, 3.8) is 0 Å². The first-order valence-corrected chi connectivity index (χ1v) is 13.4. The number of rotatable bonds is 6. The molecule has 0 aliphatic carbocycles. The van der Waals surface area contributed by atoms with Crippen LogP contribution in [0.1, 0.15) is 37.5 Å². The molecule has 0 spiro atoms. The summed E-state index contributed by atoms with van der Waals surface area (Å²) in [7, 11) is 0. The number of H-pyrrole nitrogens is 1. The summed E-state index contributed by atoms with van der Waals surface area (Å²) in [5.74, 6) is 0.273. The molecule has 0 atom stereocenters. The van der Waals surface area contributed by atoms with E-state index >= 15 is 0 Å². The van der Waals surface area contributed by atoms with Crippen LogP contribution < -0.4 is 5.32 Å². The molecule has 204 valence electrons. The first kappa shape index (κ1) is 26.0. The molecular weight excluding hydrogens is 512 g/mol. The number of carbonyl (C=O) groups is 1. The van der Waals surface area contributed by atoms with E-state index in [4.69, 9.17) is 9.72 Å². The molecule has 0 radical (unpaired) electrons. The van der Waals surface area contributed by atoms with E-state index in [0.717, 1.165) is 22.2 Å². The molecule has 2 N–H and O–H groups in total. The number of benzene rings is 3. The van der Waals surface area contributed by atoms with Crippen molar-refractivity contribution in [3.8, 4) is 11.4 Å². The second kappa shape index (κ2) is 10.4. The fourth-order valence-electron chi connectivity index (χ4n) is 5.20. The van der Waals surface area contributed by atoms with Gasteiger partial charge in [0.05, 0.1) is 11.8 Å². The Morgan fingerprint density at radius 2 is 1.37 bits per heavy atom. The van der Waals surface area contributed by atoms with Crippen LogP contribution in [0.4, 0.5) is 10.7 Å². The van der Waals surface area contributed by atoms with Gasteiger partial charge in [-0.3, -0.25) is 10.3 Å². The largest absolute Gasteiger partial charge is 0.444 e. The number of nitrogens with one attached hydrogen (secondary N) is 2. The molecular formula is C33H30N6O2. The zero-order valence-corrected chi connectivity index (χ0v) is 23.1. The summed E-state index contributed by atoms with van der Waals surface area (Å²) in [6.07, 6.45) is 4.96. The van der Waals surface area contributed by atoms with Gasteiger partial charge in [0.15, 0.2) is 0 Å². The molecule has 0 saturated heterocycles. The minimum atomic E-state index is -0.696. The van der Waals surface area contributed by atoms with Gasteiger partial charge in [-0.2, -0.15) is 0 Å². The number of amides is 1. The Kier molecular flexibility index (Phi) is 6.59. The smallest absolute Gasteiger partial charge is 0.414 e. The maximum atomic E-state index is 12.4. The van der Waals surface area contributed by atoms with E-state index in [2.05, 4.69) is 97.6 Å². The average Bonchev–Trinajstić information content (AvgIpc) is 3.62. The van der Waals surface area contributed by atoms with Gasteiger partial charge in [0.1, 0.15) is 28.0 Å². The first-order chi connectivity index (χ1) is 19.8. The molecule has 8 heteroatoms. The molecule has 3 aromatic heterocycles. The molecule has 6 aromatic rings. The van der Waals surface area contributed by atoms with Crippen molar-refractivity contribution in [2.75, 3.05) is 5.32 Å². The standard InChI is InChI=1S/C33H30N6O2/c1-32(2,3)41-31(40)38-30-36-26-19-20-34-28(29(26)37-30)27-21-39(22-35-27)33(23-13-7-4-8-14-23,24-15-9-5-10-16-24)25-17-11-6-12-18-25/h4-22H,1-3H3,(H2,36,37,38,40). The number of hydrogen-bond acceptors (Lipinski definition) is 5. The lowest BCUT2D eigenvalue weighted by Crippen LogP contribution is -2.36. The van der Waals surface area contributed by atoms with E-state index in [1.165, 1.54) is 0 Å². The third-order valence-corrected chi connectivity index (χ3v) is 6.81. The SMILES string of the molecule is CC(C)(C)OC(=O)Nc1nc2c(-c3cn(C(c4ccccc4)(c4ccccc4)c4ccccc4)cn3)nccc2[nH]1. The average molecular weight is 543 g/mol. The highest BCUT2D eigenvalue weighted by Gasteiger charge is 2.38. The number of pyridine rings is 1. The first-order valence-electron chi connectivity index (χ1n) is 13.4. The quantitative estimate of drug-likeness (QED) is 0.221. The lowest BCUT2D eigenvalue weighted by Gasteiger charge is -2.37. The molecule has 0 fully saturated rings. The van der Waals surface area contributed by atoms with Crippen molar-refractivity contribution in [2.45, 2.75) is 31.9 Å². The molecule has 41 heavy (non-hydrogen) atoms. The number of ether oxygens (including phenoxy) is 1. The topological polar surface area (TPSA) is 97.7 Å². The highest BCUT2D eigenvalue weighted by atomic mass is 16.6. The van der Waals surface area contributed by atoms with Crippen LogP contribution in [0.3, 0.4) is 0 Å². The minimum Gasteiger partial charge on any atom is -0.444 e. The van der Waals surface area contributed by atoms with Crippen molar-refractivity contribution in [3.05, 3.63) is 132 Å². The monoisotopic (exact) mass is 542 g/mol. The molecule has 6 rings (SSSR count). The van der Waals surface area contributed by atoms with Gasteiger partial charge in [-0.25, -0.2) is 14.8 Å². The highest BCUT2D eigenvalue weighted by Crippen LogP contribution is 2.41. The number of imidazole rings is 2. The van der Waals surface area contributed by atoms with Crippen LogP contribution in [0.15, 0.2) is 116 Å². The molecule has 1 amide bonds. The Hall–Kier alpha value is -5.24. The summed E-state index contributed by atoms with van der Waals surface area (Å²) >= 11 is 0. The molecule has 0 saturated carbocycles. The summed E-state index contributed by atoms with van der Waals surface area (Å²) in [4.78, 5) is 29.6. The van der Waals surface area contributed by atoms with Crippen LogP contribution in [-0.4, -0.2) is 36.2 Å². The number of anilines is 1. The van der Waals surface area contributed by atoms with Crippen molar-refractivity contribution in [1.29, 1.82) is 0 Å². The van der Waals surface area contributed by atoms with E-state index in [-0.39, 0.29) is 5.95 Å². The Bertz CT molecular complexity index is 1690. The third kappa shape index (κ3) is 4.96. The maximum Gasteiger partial charge on any atom is 0.414 e. The lowest BCUT2D eigenvalue weighted by molar-refractivity contribution is 0.0635. The van der Waals surface area contributed by atoms with Crippen LogP contribution in [0.25, 0.3) is 22.4 Å². The zero-order chi connectivity index (χ0) is 28.5. The van der Waals surface area contributed by atoms with Crippen LogP contribution >= 0.6 is 0 Å².